The fourth-order valence-corrected chi connectivity index (χ4v) is 4.13. The second kappa shape index (κ2) is 9.42. The molecule has 2 heterocycles. The van der Waals surface area contributed by atoms with Crippen molar-refractivity contribution < 1.29 is 23.8 Å². The van der Waals surface area contributed by atoms with Gasteiger partial charge in [-0.3, -0.25) is 14.6 Å². The van der Waals surface area contributed by atoms with E-state index in [-0.39, 0.29) is 34.3 Å². The number of methoxy groups -OCH3 is 1. The summed E-state index contributed by atoms with van der Waals surface area (Å²) in [5, 5.41) is 11.3. The number of aliphatic hydroxyl groups excluding tert-OH is 1. The van der Waals surface area contributed by atoms with Gasteiger partial charge in [-0.2, -0.15) is 0 Å². The number of benzene rings is 2. The number of aromatic nitrogens is 1. The number of halogens is 2. The normalized spacial score (nSPS) is 17.4. The lowest BCUT2D eigenvalue weighted by Gasteiger charge is -2.25. The molecular formula is C25H20ClFN2O4. The van der Waals surface area contributed by atoms with Gasteiger partial charge < -0.3 is 14.7 Å². The smallest absolute Gasteiger partial charge is 0.295 e. The van der Waals surface area contributed by atoms with Crippen molar-refractivity contribution in [3.8, 4) is 5.75 Å². The average molecular weight is 467 g/mol. The Hall–Kier alpha value is -3.71. The molecule has 6 nitrogen and oxygen atoms in total. The minimum Gasteiger partial charge on any atom is -0.507 e. The Kier molecular flexibility index (Phi) is 6.42. The maximum atomic E-state index is 13.2. The van der Waals surface area contributed by atoms with Crippen molar-refractivity contribution in [2.75, 3.05) is 13.7 Å². The number of hydrogen-bond acceptors (Lipinski definition) is 5. The molecule has 1 atom stereocenters. The highest BCUT2D eigenvalue weighted by atomic mass is 35.5. The number of ether oxygens (including phenoxy) is 1. The second-order valence-corrected chi connectivity index (χ2v) is 7.91. The summed E-state index contributed by atoms with van der Waals surface area (Å²) in [4.78, 5) is 31.5. The lowest BCUT2D eigenvalue weighted by Crippen LogP contribution is -2.31. The Bertz CT molecular complexity index is 1230. The van der Waals surface area contributed by atoms with Gasteiger partial charge >= 0.3 is 0 Å². The van der Waals surface area contributed by atoms with Crippen LogP contribution in [-0.4, -0.2) is 40.3 Å². The third-order valence-electron chi connectivity index (χ3n) is 5.54. The molecule has 8 heteroatoms. The number of Topliss-reactive ketones (excluding diaryl/α,β-unsaturated/α-hetero) is 1. The van der Waals surface area contributed by atoms with Crippen LogP contribution in [0, 0.1) is 5.82 Å². The first-order valence-corrected chi connectivity index (χ1v) is 10.5. The zero-order chi connectivity index (χ0) is 23.5. The van der Waals surface area contributed by atoms with E-state index in [1.165, 1.54) is 30.2 Å². The molecule has 2 aromatic carbocycles. The van der Waals surface area contributed by atoms with Crippen LogP contribution in [0.5, 0.6) is 5.75 Å². The lowest BCUT2D eigenvalue weighted by atomic mass is 9.96. The van der Waals surface area contributed by atoms with Gasteiger partial charge in [0.25, 0.3) is 11.7 Å². The molecule has 1 amide bonds. The molecule has 1 fully saturated rings. The van der Waals surface area contributed by atoms with E-state index in [0.29, 0.717) is 17.7 Å². The van der Waals surface area contributed by atoms with E-state index in [1.54, 1.807) is 48.8 Å². The van der Waals surface area contributed by atoms with Crippen molar-refractivity contribution in [3.63, 3.8) is 0 Å². The quantitative estimate of drug-likeness (QED) is 0.327. The number of hydrogen-bond donors (Lipinski definition) is 1. The summed E-state index contributed by atoms with van der Waals surface area (Å²) in [6.45, 7) is 0.198. The molecule has 0 spiro atoms. The molecule has 1 saturated heterocycles. The van der Waals surface area contributed by atoms with Gasteiger partial charge in [0.15, 0.2) is 0 Å². The number of carbonyl (C=O) groups is 2. The van der Waals surface area contributed by atoms with E-state index >= 15 is 0 Å². The number of ketones is 1. The highest BCUT2D eigenvalue weighted by Crippen LogP contribution is 2.40. The van der Waals surface area contributed by atoms with Crippen LogP contribution in [-0.2, 0) is 16.0 Å². The third kappa shape index (κ3) is 4.45. The predicted molar refractivity (Wildman–Crippen MR) is 121 cm³/mol. The minimum absolute atomic E-state index is 0.0356. The highest BCUT2D eigenvalue weighted by Gasteiger charge is 2.45. The maximum Gasteiger partial charge on any atom is 0.295 e. The van der Waals surface area contributed by atoms with Gasteiger partial charge in [0.1, 0.15) is 17.3 Å². The van der Waals surface area contributed by atoms with Gasteiger partial charge in [-0.25, -0.2) is 4.39 Å². The molecule has 0 aliphatic carbocycles. The first-order valence-electron chi connectivity index (χ1n) is 10.2. The molecular weight excluding hydrogens is 447 g/mol. The molecule has 4 rings (SSSR count). The van der Waals surface area contributed by atoms with Crippen molar-refractivity contribution in [1.29, 1.82) is 0 Å². The molecule has 1 aliphatic rings. The number of pyridine rings is 1. The van der Waals surface area contributed by atoms with Crippen molar-refractivity contribution in [2.24, 2.45) is 0 Å². The molecule has 3 aromatic rings. The Morgan fingerprint density at radius 3 is 2.45 bits per heavy atom. The van der Waals surface area contributed by atoms with E-state index in [2.05, 4.69) is 4.98 Å². The first-order chi connectivity index (χ1) is 15.9. The Labute approximate surface area is 194 Å². The van der Waals surface area contributed by atoms with Crippen LogP contribution in [0.2, 0.25) is 5.02 Å². The molecule has 0 bridgehead atoms. The van der Waals surface area contributed by atoms with Gasteiger partial charge in [0.2, 0.25) is 0 Å². The van der Waals surface area contributed by atoms with Crippen LogP contribution >= 0.6 is 11.6 Å². The Morgan fingerprint density at radius 2 is 1.82 bits per heavy atom. The molecule has 1 aromatic heterocycles. The van der Waals surface area contributed by atoms with Crippen molar-refractivity contribution in [3.05, 3.63) is 100 Å². The van der Waals surface area contributed by atoms with Gasteiger partial charge in [0, 0.05) is 24.5 Å². The highest BCUT2D eigenvalue weighted by molar-refractivity contribution is 6.46. The number of carbonyl (C=O) groups excluding carboxylic acids is 2. The summed E-state index contributed by atoms with van der Waals surface area (Å²) >= 11 is 6.20. The zero-order valence-electron chi connectivity index (χ0n) is 17.7. The number of aliphatic hydroxyl groups is 1. The van der Waals surface area contributed by atoms with Crippen molar-refractivity contribution in [2.45, 2.75) is 12.5 Å². The van der Waals surface area contributed by atoms with E-state index < -0.39 is 17.7 Å². The minimum atomic E-state index is -0.811. The van der Waals surface area contributed by atoms with E-state index in [1.807, 2.05) is 0 Å². The monoisotopic (exact) mass is 466 g/mol. The SMILES string of the molecule is COc1ccc(/C(O)=C2/C(=O)C(=O)N(CCc3ccc(F)cc3)C2c2ccncc2)cc1Cl. The van der Waals surface area contributed by atoms with Crippen LogP contribution < -0.4 is 4.74 Å². The van der Waals surface area contributed by atoms with Gasteiger partial charge in [-0.15, -0.1) is 0 Å². The maximum absolute atomic E-state index is 13.2. The number of rotatable bonds is 6. The summed E-state index contributed by atoms with van der Waals surface area (Å²) < 4.78 is 18.4. The molecule has 0 saturated carbocycles. The zero-order valence-corrected chi connectivity index (χ0v) is 18.4. The third-order valence-corrected chi connectivity index (χ3v) is 5.84. The molecule has 0 radical (unpaired) electrons. The topological polar surface area (TPSA) is 79.7 Å². The van der Waals surface area contributed by atoms with E-state index in [9.17, 15) is 19.1 Å². The van der Waals surface area contributed by atoms with Crippen molar-refractivity contribution >= 4 is 29.1 Å². The fourth-order valence-electron chi connectivity index (χ4n) is 3.87. The van der Waals surface area contributed by atoms with Crippen LogP contribution in [0.15, 0.2) is 72.6 Å². The van der Waals surface area contributed by atoms with Gasteiger partial charge in [0.05, 0.1) is 23.7 Å². The van der Waals surface area contributed by atoms with Crippen LogP contribution in [0.25, 0.3) is 5.76 Å². The van der Waals surface area contributed by atoms with Gasteiger partial charge in [-0.05, 0) is 60.0 Å². The molecule has 1 unspecified atom stereocenters. The number of amides is 1. The summed E-state index contributed by atoms with van der Waals surface area (Å²) in [6.07, 6.45) is 3.52. The summed E-state index contributed by atoms with van der Waals surface area (Å²) in [7, 11) is 1.47. The number of nitrogens with zero attached hydrogens (tertiary/aromatic N) is 2. The van der Waals surface area contributed by atoms with E-state index in [4.69, 9.17) is 16.3 Å². The summed E-state index contributed by atoms with van der Waals surface area (Å²) in [6, 6.07) is 13.1. The Morgan fingerprint density at radius 1 is 1.12 bits per heavy atom. The van der Waals surface area contributed by atoms with Crippen LogP contribution in [0.1, 0.15) is 22.7 Å². The summed E-state index contributed by atoms with van der Waals surface area (Å²) in [5.74, 6) is -1.78. The largest absolute Gasteiger partial charge is 0.507 e. The van der Waals surface area contributed by atoms with Gasteiger partial charge in [-0.1, -0.05) is 23.7 Å². The fraction of sp³-hybridized carbons (Fsp3) is 0.160. The first kappa shape index (κ1) is 22.5. The average Bonchev–Trinajstić information content (AvgIpc) is 3.08. The number of likely N-dealkylation sites (tertiary alicyclic amines) is 1. The van der Waals surface area contributed by atoms with Crippen LogP contribution in [0.4, 0.5) is 4.39 Å². The standard InChI is InChI=1S/C25H20ClFN2O4/c1-33-20-7-4-17(14-19(20)26)23(30)21-22(16-8-11-28-12-9-16)29(25(32)24(21)31)13-10-15-2-5-18(27)6-3-15/h2-9,11-12,14,22,30H,10,13H2,1H3/b23-21-. The molecule has 1 aliphatic heterocycles. The molecule has 168 valence electrons. The van der Waals surface area contributed by atoms with E-state index in [0.717, 1.165) is 5.56 Å². The Balaban J connectivity index is 1.76. The van der Waals surface area contributed by atoms with Crippen LogP contribution in [0.3, 0.4) is 0 Å². The molecule has 33 heavy (non-hydrogen) atoms. The molecule has 1 N–H and O–H groups in total. The lowest BCUT2D eigenvalue weighted by molar-refractivity contribution is -0.139. The predicted octanol–water partition coefficient (Wildman–Crippen LogP) is 4.55. The van der Waals surface area contributed by atoms with Crippen molar-refractivity contribution in [1.82, 2.24) is 9.88 Å². The second-order valence-electron chi connectivity index (χ2n) is 7.50. The summed E-state index contributed by atoms with van der Waals surface area (Å²) in [5.41, 5.74) is 1.70.